The highest BCUT2D eigenvalue weighted by Crippen LogP contribution is 2.05. The summed E-state index contributed by atoms with van der Waals surface area (Å²) in [5.74, 6) is -0.336. The molecule has 0 fully saturated rings. The van der Waals surface area contributed by atoms with Gasteiger partial charge in [0, 0.05) is 12.8 Å². The smallest absolute Gasteiger partial charge is 0.305 e. The molecule has 0 aliphatic carbocycles. The zero-order valence-corrected chi connectivity index (χ0v) is 19.0. The van der Waals surface area contributed by atoms with Gasteiger partial charge in [0.2, 0.25) is 0 Å². The molecule has 30 heavy (non-hydrogen) atoms. The van der Waals surface area contributed by atoms with E-state index in [4.69, 9.17) is 28.4 Å². The van der Waals surface area contributed by atoms with Gasteiger partial charge in [-0.15, -0.1) is 0 Å². The molecule has 0 aromatic carbocycles. The lowest BCUT2D eigenvalue weighted by Gasteiger charge is -2.08. The first-order valence-electron chi connectivity index (χ1n) is 11.3. The molecule has 0 N–H and O–H groups in total. The van der Waals surface area contributed by atoms with Crippen molar-refractivity contribution in [2.75, 3.05) is 66.1 Å². The van der Waals surface area contributed by atoms with E-state index in [1.165, 1.54) is 19.3 Å². The van der Waals surface area contributed by atoms with Gasteiger partial charge in [0.25, 0.3) is 0 Å². The minimum Gasteiger partial charge on any atom is -0.463 e. The summed E-state index contributed by atoms with van der Waals surface area (Å²) >= 11 is 0. The standard InChI is InChI=1S/C22H42O8/c1-3-5-6-7-8-10-22(24)30-20-18-28-16-14-26-12-11-25-13-15-27-17-19-29-21(23)9-4-2/h3-20H2,1-2H3. The van der Waals surface area contributed by atoms with Gasteiger partial charge in [0.15, 0.2) is 0 Å². The van der Waals surface area contributed by atoms with Crippen LogP contribution in [0.15, 0.2) is 0 Å². The third kappa shape index (κ3) is 23.1. The predicted molar refractivity (Wildman–Crippen MR) is 113 cm³/mol. The van der Waals surface area contributed by atoms with Crippen LogP contribution >= 0.6 is 0 Å². The van der Waals surface area contributed by atoms with Gasteiger partial charge >= 0.3 is 11.9 Å². The van der Waals surface area contributed by atoms with Crippen molar-refractivity contribution in [1.29, 1.82) is 0 Å². The van der Waals surface area contributed by atoms with E-state index in [1.54, 1.807) is 0 Å². The summed E-state index contributed by atoms with van der Waals surface area (Å²) in [5, 5.41) is 0. The van der Waals surface area contributed by atoms with Gasteiger partial charge in [-0.05, 0) is 12.8 Å². The van der Waals surface area contributed by atoms with Crippen LogP contribution in [0.25, 0.3) is 0 Å². The summed E-state index contributed by atoms with van der Waals surface area (Å²) in [7, 11) is 0. The number of carbonyl (C=O) groups excluding carboxylic acids is 2. The second-order valence-electron chi connectivity index (χ2n) is 6.80. The number of ether oxygens (including phenoxy) is 6. The number of carbonyl (C=O) groups is 2. The lowest BCUT2D eigenvalue weighted by atomic mass is 10.1. The van der Waals surface area contributed by atoms with Gasteiger partial charge in [-0.2, -0.15) is 0 Å². The van der Waals surface area contributed by atoms with Crippen molar-refractivity contribution in [3.63, 3.8) is 0 Å². The van der Waals surface area contributed by atoms with Crippen LogP contribution in [0, 0.1) is 0 Å². The van der Waals surface area contributed by atoms with Crippen molar-refractivity contribution >= 4 is 11.9 Å². The van der Waals surface area contributed by atoms with Gasteiger partial charge in [0.05, 0.1) is 52.9 Å². The van der Waals surface area contributed by atoms with E-state index >= 15 is 0 Å². The first-order valence-corrected chi connectivity index (χ1v) is 11.3. The Labute approximate surface area is 181 Å². The van der Waals surface area contributed by atoms with E-state index in [2.05, 4.69) is 6.92 Å². The van der Waals surface area contributed by atoms with Crippen LogP contribution in [-0.2, 0) is 38.0 Å². The van der Waals surface area contributed by atoms with Gasteiger partial charge < -0.3 is 28.4 Å². The third-order valence-electron chi connectivity index (χ3n) is 4.04. The highest BCUT2D eigenvalue weighted by atomic mass is 16.6. The normalized spacial score (nSPS) is 10.9. The molecular weight excluding hydrogens is 392 g/mol. The molecule has 8 nitrogen and oxygen atoms in total. The van der Waals surface area contributed by atoms with Crippen molar-refractivity contribution in [2.24, 2.45) is 0 Å². The second-order valence-corrected chi connectivity index (χ2v) is 6.80. The molecule has 0 spiro atoms. The molecule has 0 bridgehead atoms. The SMILES string of the molecule is CCCCCCCC(=O)OCCOCCOCCOCCOCCOC(=O)CCC. The number of hydrogen-bond donors (Lipinski definition) is 0. The molecule has 0 aliphatic heterocycles. The topological polar surface area (TPSA) is 89.5 Å². The van der Waals surface area contributed by atoms with E-state index in [9.17, 15) is 9.59 Å². The Kier molecular flexibility index (Phi) is 23.1. The van der Waals surface area contributed by atoms with Crippen LogP contribution in [0.2, 0.25) is 0 Å². The number of hydrogen-bond acceptors (Lipinski definition) is 8. The van der Waals surface area contributed by atoms with Gasteiger partial charge in [-0.1, -0.05) is 39.5 Å². The summed E-state index contributed by atoms with van der Waals surface area (Å²) in [6.45, 7) is 8.21. The Morgan fingerprint density at radius 2 is 0.867 bits per heavy atom. The molecule has 0 unspecified atom stereocenters. The Balaban J connectivity index is 3.14. The molecular formula is C22H42O8. The average Bonchev–Trinajstić information content (AvgIpc) is 2.73. The molecule has 0 aromatic heterocycles. The summed E-state index contributed by atoms with van der Waals surface area (Å²) < 4.78 is 31.5. The Morgan fingerprint density at radius 1 is 0.467 bits per heavy atom. The summed E-state index contributed by atoms with van der Waals surface area (Å²) in [6.07, 6.45) is 7.32. The molecule has 0 saturated carbocycles. The van der Waals surface area contributed by atoms with E-state index in [0.29, 0.717) is 65.7 Å². The first-order chi connectivity index (χ1) is 14.7. The minimum absolute atomic E-state index is 0.148. The van der Waals surface area contributed by atoms with Crippen LogP contribution in [0.4, 0.5) is 0 Å². The Bertz CT molecular complexity index is 389. The van der Waals surface area contributed by atoms with Crippen LogP contribution in [-0.4, -0.2) is 78.0 Å². The molecule has 0 atom stereocenters. The summed E-state index contributed by atoms with van der Waals surface area (Å²) in [5.41, 5.74) is 0. The molecule has 0 heterocycles. The van der Waals surface area contributed by atoms with E-state index in [-0.39, 0.29) is 25.2 Å². The fourth-order valence-corrected chi connectivity index (χ4v) is 2.41. The predicted octanol–water partition coefficient (Wildman–Crippen LogP) is 3.30. The highest BCUT2D eigenvalue weighted by Gasteiger charge is 2.02. The molecule has 0 radical (unpaired) electrons. The molecule has 0 amide bonds. The number of esters is 2. The van der Waals surface area contributed by atoms with Gasteiger partial charge in [-0.3, -0.25) is 9.59 Å². The molecule has 0 aliphatic rings. The van der Waals surface area contributed by atoms with Crippen molar-refractivity contribution in [3.05, 3.63) is 0 Å². The van der Waals surface area contributed by atoms with Gasteiger partial charge in [-0.25, -0.2) is 0 Å². The number of rotatable bonds is 23. The quantitative estimate of drug-likeness (QED) is 0.179. The maximum Gasteiger partial charge on any atom is 0.305 e. The Hall–Kier alpha value is -1.22. The van der Waals surface area contributed by atoms with Gasteiger partial charge in [0.1, 0.15) is 13.2 Å². The summed E-state index contributed by atoms with van der Waals surface area (Å²) in [4.78, 5) is 22.6. The lowest BCUT2D eigenvalue weighted by Crippen LogP contribution is -2.15. The van der Waals surface area contributed by atoms with Crippen LogP contribution in [0.5, 0.6) is 0 Å². The summed E-state index contributed by atoms with van der Waals surface area (Å²) in [6, 6.07) is 0. The molecule has 8 heteroatoms. The lowest BCUT2D eigenvalue weighted by molar-refractivity contribution is -0.146. The maximum atomic E-state index is 11.5. The fourth-order valence-electron chi connectivity index (χ4n) is 2.41. The average molecular weight is 435 g/mol. The van der Waals surface area contributed by atoms with Crippen LogP contribution < -0.4 is 0 Å². The molecule has 178 valence electrons. The first kappa shape index (κ1) is 28.8. The highest BCUT2D eigenvalue weighted by molar-refractivity contribution is 5.69. The molecule has 0 saturated heterocycles. The second kappa shape index (κ2) is 24.1. The fraction of sp³-hybridized carbons (Fsp3) is 0.909. The van der Waals surface area contributed by atoms with Crippen molar-refractivity contribution in [2.45, 2.75) is 65.2 Å². The zero-order valence-electron chi connectivity index (χ0n) is 19.0. The largest absolute Gasteiger partial charge is 0.463 e. The molecule has 0 aromatic rings. The minimum atomic E-state index is -0.187. The van der Waals surface area contributed by atoms with Crippen molar-refractivity contribution < 1.29 is 38.0 Å². The van der Waals surface area contributed by atoms with Crippen LogP contribution in [0.3, 0.4) is 0 Å². The monoisotopic (exact) mass is 434 g/mol. The number of unbranched alkanes of at least 4 members (excludes halogenated alkanes) is 4. The van der Waals surface area contributed by atoms with E-state index in [1.807, 2.05) is 6.92 Å². The molecule has 0 rings (SSSR count). The van der Waals surface area contributed by atoms with Crippen LogP contribution in [0.1, 0.15) is 65.2 Å². The third-order valence-corrected chi connectivity index (χ3v) is 4.04. The van der Waals surface area contributed by atoms with E-state index in [0.717, 1.165) is 19.3 Å². The van der Waals surface area contributed by atoms with Crippen molar-refractivity contribution in [3.8, 4) is 0 Å². The van der Waals surface area contributed by atoms with Crippen molar-refractivity contribution in [1.82, 2.24) is 0 Å². The van der Waals surface area contributed by atoms with E-state index < -0.39 is 0 Å². The zero-order chi connectivity index (χ0) is 22.1. The Morgan fingerprint density at radius 3 is 1.30 bits per heavy atom. The maximum absolute atomic E-state index is 11.5.